The van der Waals surface area contributed by atoms with Gasteiger partial charge in [-0.3, -0.25) is 4.79 Å². The zero-order chi connectivity index (χ0) is 22.9. The van der Waals surface area contributed by atoms with Gasteiger partial charge in [-0.05, 0) is 32.0 Å². The van der Waals surface area contributed by atoms with Crippen molar-refractivity contribution in [3.8, 4) is 0 Å². The molecule has 0 atom stereocenters. The highest BCUT2D eigenvalue weighted by atomic mass is 19.4. The van der Waals surface area contributed by atoms with Gasteiger partial charge in [-0.2, -0.15) is 26.3 Å². The molecule has 164 valence electrons. The third-order valence-corrected chi connectivity index (χ3v) is 3.97. The summed E-state index contributed by atoms with van der Waals surface area (Å²) < 4.78 is 87.8. The molecule has 30 heavy (non-hydrogen) atoms. The first kappa shape index (κ1) is 23.2. The second kappa shape index (κ2) is 8.36. The van der Waals surface area contributed by atoms with Gasteiger partial charge < -0.3 is 14.1 Å². The number of methoxy groups -OCH3 is 1. The van der Waals surface area contributed by atoms with Crippen LogP contribution in [0.4, 0.5) is 26.3 Å². The van der Waals surface area contributed by atoms with Crippen molar-refractivity contribution >= 4 is 11.9 Å². The molecule has 0 fully saturated rings. The van der Waals surface area contributed by atoms with Crippen LogP contribution in [0.2, 0.25) is 0 Å². The first-order valence-corrected chi connectivity index (χ1v) is 8.37. The third kappa shape index (κ3) is 5.30. The summed E-state index contributed by atoms with van der Waals surface area (Å²) in [6, 6.07) is -0.00674. The molecule has 0 aliphatic carbocycles. The number of halogens is 6. The third-order valence-electron chi connectivity index (χ3n) is 3.97. The molecule has 1 heterocycles. The molecule has 0 bridgehead atoms. The van der Waals surface area contributed by atoms with Gasteiger partial charge in [0.25, 0.3) is 5.91 Å². The number of nitrogens with zero attached hydrogens (tertiary/aromatic N) is 2. The molecule has 2 rings (SSSR count). The van der Waals surface area contributed by atoms with E-state index in [9.17, 15) is 35.9 Å². The van der Waals surface area contributed by atoms with Crippen LogP contribution in [0.25, 0.3) is 0 Å². The minimum Gasteiger partial charge on any atom is -0.464 e. The second-order valence-electron chi connectivity index (χ2n) is 6.44. The Morgan fingerprint density at radius 1 is 1.07 bits per heavy atom. The van der Waals surface area contributed by atoms with Gasteiger partial charge in [0, 0.05) is 11.6 Å². The summed E-state index contributed by atoms with van der Waals surface area (Å²) in [6.07, 6.45) is -9.22. The lowest BCUT2D eigenvalue weighted by molar-refractivity contribution is -0.143. The van der Waals surface area contributed by atoms with Crippen molar-refractivity contribution in [2.75, 3.05) is 7.11 Å². The van der Waals surface area contributed by atoms with Crippen molar-refractivity contribution in [2.45, 2.75) is 38.8 Å². The summed E-state index contributed by atoms with van der Waals surface area (Å²) >= 11 is 0. The Bertz CT molecular complexity index is 901. The van der Waals surface area contributed by atoms with E-state index in [4.69, 9.17) is 4.42 Å². The highest BCUT2D eigenvalue weighted by Gasteiger charge is 2.38. The van der Waals surface area contributed by atoms with E-state index in [-0.39, 0.29) is 17.7 Å². The number of rotatable bonds is 5. The van der Waals surface area contributed by atoms with Crippen molar-refractivity contribution in [1.29, 1.82) is 0 Å². The fraction of sp³-hybridized carbons (Fsp3) is 0.389. The smallest absolute Gasteiger partial charge is 0.416 e. The second-order valence-corrected chi connectivity index (χ2v) is 6.44. The molecule has 6 nitrogen and oxygen atoms in total. The highest BCUT2D eigenvalue weighted by Crippen LogP contribution is 2.36. The Hall–Kier alpha value is -3.05. The maximum Gasteiger partial charge on any atom is 0.416 e. The van der Waals surface area contributed by atoms with Crippen molar-refractivity contribution in [1.82, 2.24) is 9.88 Å². The minimum absolute atomic E-state index is 0.0623. The van der Waals surface area contributed by atoms with Crippen LogP contribution >= 0.6 is 0 Å². The maximum atomic E-state index is 13.1. The first-order valence-electron chi connectivity index (χ1n) is 8.37. The van der Waals surface area contributed by atoms with Crippen LogP contribution in [0.3, 0.4) is 0 Å². The SMILES string of the molecule is COC(=O)c1coc(CN(C(=O)c2cc(C(F)(F)F)cc(C(F)(F)F)c2)C(C)C)n1. The van der Waals surface area contributed by atoms with E-state index in [2.05, 4.69) is 9.72 Å². The fourth-order valence-electron chi connectivity index (χ4n) is 2.46. The molecule has 1 amide bonds. The predicted octanol–water partition coefficient (Wildman–Crippen LogP) is 4.55. The monoisotopic (exact) mass is 438 g/mol. The number of oxazole rings is 1. The zero-order valence-corrected chi connectivity index (χ0v) is 15.9. The van der Waals surface area contributed by atoms with Crippen LogP contribution in [-0.4, -0.2) is 34.9 Å². The lowest BCUT2D eigenvalue weighted by Crippen LogP contribution is -2.36. The molecule has 0 aliphatic rings. The van der Waals surface area contributed by atoms with Crippen molar-refractivity contribution < 1.29 is 45.1 Å². The van der Waals surface area contributed by atoms with Gasteiger partial charge in [0.1, 0.15) is 6.26 Å². The van der Waals surface area contributed by atoms with E-state index in [1.807, 2.05) is 0 Å². The summed E-state index contributed by atoms with van der Waals surface area (Å²) in [6.45, 7) is 2.60. The summed E-state index contributed by atoms with van der Waals surface area (Å²) in [7, 11) is 1.10. The molecular weight excluding hydrogens is 422 g/mol. The average Bonchev–Trinajstić information content (AvgIpc) is 3.11. The Kier molecular flexibility index (Phi) is 6.48. The van der Waals surface area contributed by atoms with E-state index in [1.165, 1.54) is 13.8 Å². The standard InChI is InChI=1S/C18H16F6N2O4/c1-9(2)26(7-14-25-13(8-30-14)16(28)29-3)15(27)10-4-11(17(19,20)21)6-12(5-10)18(22,23)24/h4-6,8-9H,7H2,1-3H3. The van der Waals surface area contributed by atoms with Gasteiger partial charge in [0.15, 0.2) is 5.69 Å². The Labute approximate surface area is 166 Å². The quantitative estimate of drug-likeness (QED) is 0.506. The van der Waals surface area contributed by atoms with E-state index in [0.717, 1.165) is 18.3 Å². The van der Waals surface area contributed by atoms with Gasteiger partial charge >= 0.3 is 18.3 Å². The van der Waals surface area contributed by atoms with Crippen molar-refractivity contribution in [2.24, 2.45) is 0 Å². The van der Waals surface area contributed by atoms with Crippen LogP contribution in [0.5, 0.6) is 0 Å². The predicted molar refractivity (Wildman–Crippen MR) is 89.3 cm³/mol. The van der Waals surface area contributed by atoms with Crippen LogP contribution < -0.4 is 0 Å². The zero-order valence-electron chi connectivity index (χ0n) is 15.9. The summed E-state index contributed by atoms with van der Waals surface area (Å²) in [5.41, 5.74) is -4.21. The number of aromatic nitrogens is 1. The van der Waals surface area contributed by atoms with E-state index >= 15 is 0 Å². The molecule has 2 aromatic rings. The average molecular weight is 438 g/mol. The number of hydrogen-bond donors (Lipinski definition) is 0. The number of benzene rings is 1. The van der Waals surface area contributed by atoms with Crippen LogP contribution in [0, 0.1) is 0 Å². The number of carbonyl (C=O) groups is 2. The highest BCUT2D eigenvalue weighted by molar-refractivity contribution is 5.95. The Morgan fingerprint density at radius 2 is 1.60 bits per heavy atom. The Morgan fingerprint density at radius 3 is 2.03 bits per heavy atom. The molecular formula is C18H16F6N2O4. The largest absolute Gasteiger partial charge is 0.464 e. The van der Waals surface area contributed by atoms with Gasteiger partial charge in [0.2, 0.25) is 5.89 Å². The van der Waals surface area contributed by atoms with Crippen LogP contribution in [0.15, 0.2) is 28.9 Å². The summed E-state index contributed by atoms with van der Waals surface area (Å²) in [5, 5.41) is 0. The normalized spacial score (nSPS) is 12.2. The number of alkyl halides is 6. The number of esters is 1. The van der Waals surface area contributed by atoms with Gasteiger partial charge in [0.05, 0.1) is 24.8 Å². The fourth-order valence-corrected chi connectivity index (χ4v) is 2.46. The molecule has 0 saturated carbocycles. The van der Waals surface area contributed by atoms with Crippen molar-refractivity contribution in [3.05, 3.63) is 52.7 Å². The van der Waals surface area contributed by atoms with E-state index in [1.54, 1.807) is 0 Å². The topological polar surface area (TPSA) is 72.6 Å². The summed E-state index contributed by atoms with van der Waals surface area (Å²) in [4.78, 5) is 29.0. The Balaban J connectivity index is 2.44. The van der Waals surface area contributed by atoms with E-state index in [0.29, 0.717) is 12.1 Å². The number of carbonyl (C=O) groups excluding carboxylic acids is 2. The molecule has 1 aromatic carbocycles. The maximum absolute atomic E-state index is 13.1. The van der Waals surface area contributed by atoms with Crippen LogP contribution in [-0.2, 0) is 23.6 Å². The lowest BCUT2D eigenvalue weighted by Gasteiger charge is -2.26. The minimum atomic E-state index is -5.09. The van der Waals surface area contributed by atoms with Gasteiger partial charge in [-0.1, -0.05) is 0 Å². The van der Waals surface area contributed by atoms with Gasteiger partial charge in [-0.15, -0.1) is 0 Å². The first-order chi connectivity index (χ1) is 13.7. The van der Waals surface area contributed by atoms with Crippen LogP contribution in [0.1, 0.15) is 51.7 Å². The summed E-state index contributed by atoms with van der Waals surface area (Å²) in [5.74, 6) is -2.07. The molecule has 0 aliphatic heterocycles. The number of hydrogen-bond acceptors (Lipinski definition) is 5. The lowest BCUT2D eigenvalue weighted by atomic mass is 10.0. The number of amides is 1. The molecule has 0 N–H and O–H groups in total. The van der Waals surface area contributed by atoms with E-state index < -0.39 is 53.5 Å². The number of ether oxygens (including phenoxy) is 1. The van der Waals surface area contributed by atoms with Crippen molar-refractivity contribution in [3.63, 3.8) is 0 Å². The molecule has 0 unspecified atom stereocenters. The molecule has 0 spiro atoms. The van der Waals surface area contributed by atoms with Gasteiger partial charge in [-0.25, -0.2) is 9.78 Å². The molecule has 0 radical (unpaired) electrons. The molecule has 0 saturated heterocycles. The molecule has 1 aromatic heterocycles. The molecule has 12 heteroatoms.